The van der Waals surface area contributed by atoms with E-state index in [1.807, 2.05) is 37.4 Å². The zero-order valence-corrected chi connectivity index (χ0v) is 15.1. The van der Waals surface area contributed by atoms with E-state index in [1.165, 1.54) is 7.11 Å². The van der Waals surface area contributed by atoms with E-state index in [9.17, 15) is 9.59 Å². The second kappa shape index (κ2) is 9.36. The highest BCUT2D eigenvalue weighted by atomic mass is 16.5. The zero-order valence-electron chi connectivity index (χ0n) is 15.1. The maximum Gasteiger partial charge on any atom is 0.309 e. The summed E-state index contributed by atoms with van der Waals surface area (Å²) in [5, 5.41) is 3.13. The summed E-state index contributed by atoms with van der Waals surface area (Å²) in [6, 6.07) is 13.1. The topological polar surface area (TPSA) is 77.0 Å². The molecule has 0 aliphatic heterocycles. The molecule has 2 rings (SSSR count). The van der Waals surface area contributed by atoms with Crippen LogP contribution < -0.4 is 10.1 Å². The van der Waals surface area contributed by atoms with Crippen LogP contribution in [0.3, 0.4) is 0 Å². The van der Waals surface area contributed by atoms with Gasteiger partial charge in [-0.2, -0.15) is 0 Å². The number of hydrogen-bond donors (Lipinski definition) is 1. The first-order chi connectivity index (χ1) is 12.6. The molecule has 0 aromatic heterocycles. The van der Waals surface area contributed by atoms with E-state index >= 15 is 0 Å². The number of nitrogens with one attached hydrogen (secondary N) is 1. The second-order valence-corrected chi connectivity index (χ2v) is 5.44. The van der Waals surface area contributed by atoms with Crippen LogP contribution in [0.25, 0.3) is 0 Å². The first-order valence-corrected chi connectivity index (χ1v) is 8.14. The van der Waals surface area contributed by atoms with Gasteiger partial charge in [-0.3, -0.25) is 9.79 Å². The fourth-order valence-corrected chi connectivity index (χ4v) is 2.64. The van der Waals surface area contributed by atoms with Crippen molar-refractivity contribution in [1.82, 2.24) is 0 Å². The summed E-state index contributed by atoms with van der Waals surface area (Å²) < 4.78 is 10.2. The van der Waals surface area contributed by atoms with E-state index < -0.39 is 0 Å². The van der Waals surface area contributed by atoms with E-state index in [0.717, 1.165) is 23.1 Å². The maximum atomic E-state index is 11.6. The summed E-state index contributed by atoms with van der Waals surface area (Å²) in [5.74, 6) is 0.275. The number of esters is 1. The zero-order chi connectivity index (χ0) is 18.9. The van der Waals surface area contributed by atoms with Gasteiger partial charge in [-0.05, 0) is 23.8 Å². The first-order valence-electron chi connectivity index (χ1n) is 8.14. The minimum atomic E-state index is -0.330. The average molecular weight is 354 g/mol. The molecule has 2 aromatic carbocycles. The molecule has 0 aliphatic carbocycles. The van der Waals surface area contributed by atoms with Gasteiger partial charge in [0.05, 0.1) is 32.9 Å². The molecule has 0 radical (unpaired) electrons. The quantitative estimate of drug-likeness (QED) is 0.448. The smallest absolute Gasteiger partial charge is 0.309 e. The van der Waals surface area contributed by atoms with Gasteiger partial charge in [0.1, 0.15) is 12.0 Å². The Labute approximate surface area is 152 Å². The number of carbonyl (C=O) groups is 2. The molecule has 0 heterocycles. The molecule has 0 amide bonds. The van der Waals surface area contributed by atoms with Gasteiger partial charge >= 0.3 is 5.97 Å². The third kappa shape index (κ3) is 4.47. The molecule has 1 N–H and O–H groups in total. The van der Waals surface area contributed by atoms with Crippen LogP contribution in [0.2, 0.25) is 0 Å². The van der Waals surface area contributed by atoms with E-state index in [4.69, 9.17) is 9.47 Å². The van der Waals surface area contributed by atoms with Gasteiger partial charge in [-0.1, -0.05) is 24.3 Å². The van der Waals surface area contributed by atoms with E-state index in [0.29, 0.717) is 17.0 Å². The molecule has 0 fully saturated rings. The normalized spacial score (nSPS) is 11.0. The summed E-state index contributed by atoms with van der Waals surface area (Å²) in [7, 11) is 4.74. The number of aliphatic imine (C=N–C) groups is 1. The molecule has 6 nitrogen and oxygen atoms in total. The Morgan fingerprint density at radius 1 is 1.15 bits per heavy atom. The van der Waals surface area contributed by atoms with Crippen molar-refractivity contribution in [2.24, 2.45) is 4.99 Å². The molecule has 0 atom stereocenters. The molecule has 136 valence electrons. The Balaban J connectivity index is 2.62. The van der Waals surface area contributed by atoms with Crippen molar-refractivity contribution in [3.05, 3.63) is 59.2 Å². The molecule has 0 aliphatic rings. The van der Waals surface area contributed by atoms with Crippen LogP contribution in [0.4, 0.5) is 5.69 Å². The van der Waals surface area contributed by atoms with Crippen molar-refractivity contribution in [3.8, 4) is 5.75 Å². The SMILES string of the molecule is CNc1ccccc1C(=NCC=O)c1cc(CC(=O)OC)ccc1OC. The van der Waals surface area contributed by atoms with Gasteiger partial charge in [-0.25, -0.2) is 0 Å². The summed E-state index contributed by atoms with van der Waals surface area (Å²) in [6.45, 7) is 0.0256. The molecule has 0 saturated carbocycles. The molecule has 0 spiro atoms. The van der Waals surface area contributed by atoms with E-state index in [2.05, 4.69) is 10.3 Å². The van der Waals surface area contributed by atoms with Crippen LogP contribution >= 0.6 is 0 Å². The van der Waals surface area contributed by atoms with Crippen molar-refractivity contribution in [2.45, 2.75) is 6.42 Å². The predicted molar refractivity (Wildman–Crippen MR) is 101 cm³/mol. The number of rotatable bonds is 8. The monoisotopic (exact) mass is 354 g/mol. The van der Waals surface area contributed by atoms with Gasteiger partial charge in [-0.15, -0.1) is 0 Å². The number of hydrogen-bond acceptors (Lipinski definition) is 6. The van der Waals surface area contributed by atoms with Crippen molar-refractivity contribution < 1.29 is 19.1 Å². The molecule has 0 bridgehead atoms. The van der Waals surface area contributed by atoms with Crippen molar-refractivity contribution in [2.75, 3.05) is 33.1 Å². The van der Waals surface area contributed by atoms with Crippen molar-refractivity contribution in [3.63, 3.8) is 0 Å². The Morgan fingerprint density at radius 2 is 1.92 bits per heavy atom. The van der Waals surface area contributed by atoms with Gasteiger partial charge in [0.2, 0.25) is 0 Å². The average Bonchev–Trinajstić information content (AvgIpc) is 2.68. The van der Waals surface area contributed by atoms with Gasteiger partial charge < -0.3 is 19.6 Å². The maximum absolute atomic E-state index is 11.6. The minimum Gasteiger partial charge on any atom is -0.496 e. The summed E-state index contributed by atoms with van der Waals surface area (Å²) in [5.41, 5.74) is 3.81. The Hall–Kier alpha value is -3.15. The minimum absolute atomic E-state index is 0.0256. The number of anilines is 1. The van der Waals surface area contributed by atoms with Crippen LogP contribution in [-0.2, 0) is 20.7 Å². The predicted octanol–water partition coefficient (Wildman–Crippen LogP) is 2.49. The van der Waals surface area contributed by atoms with Crippen molar-refractivity contribution in [1.29, 1.82) is 0 Å². The molecule has 6 heteroatoms. The fraction of sp³-hybridized carbons (Fsp3) is 0.250. The Kier molecular flexibility index (Phi) is 6.91. The largest absolute Gasteiger partial charge is 0.496 e. The molecular formula is C20H22N2O4. The van der Waals surface area contributed by atoms with Crippen LogP contribution in [0.5, 0.6) is 5.75 Å². The van der Waals surface area contributed by atoms with Crippen LogP contribution in [0.15, 0.2) is 47.5 Å². The summed E-state index contributed by atoms with van der Waals surface area (Å²) in [4.78, 5) is 27.0. The number of methoxy groups -OCH3 is 2. The lowest BCUT2D eigenvalue weighted by Gasteiger charge is -2.16. The summed E-state index contributed by atoms with van der Waals surface area (Å²) in [6.07, 6.45) is 0.884. The highest BCUT2D eigenvalue weighted by molar-refractivity contribution is 6.17. The Morgan fingerprint density at radius 3 is 2.58 bits per heavy atom. The van der Waals surface area contributed by atoms with Gasteiger partial charge in [0.25, 0.3) is 0 Å². The summed E-state index contributed by atoms with van der Waals surface area (Å²) >= 11 is 0. The number of ether oxygens (including phenoxy) is 2. The lowest BCUT2D eigenvalue weighted by Crippen LogP contribution is -2.11. The number of nitrogens with zero attached hydrogens (tertiary/aromatic N) is 1. The first kappa shape index (κ1) is 19.2. The molecular weight excluding hydrogens is 332 g/mol. The number of carbonyl (C=O) groups excluding carboxylic acids is 2. The highest BCUT2D eigenvalue weighted by Gasteiger charge is 2.17. The lowest BCUT2D eigenvalue weighted by molar-refractivity contribution is -0.139. The fourth-order valence-electron chi connectivity index (χ4n) is 2.64. The highest BCUT2D eigenvalue weighted by Crippen LogP contribution is 2.27. The number of para-hydroxylation sites is 1. The number of benzene rings is 2. The molecule has 2 aromatic rings. The van der Waals surface area contributed by atoms with Crippen LogP contribution in [0, 0.1) is 0 Å². The Bertz CT molecular complexity index is 815. The lowest BCUT2D eigenvalue weighted by atomic mass is 9.97. The number of aldehydes is 1. The van der Waals surface area contributed by atoms with Crippen molar-refractivity contribution >= 4 is 23.7 Å². The van der Waals surface area contributed by atoms with E-state index in [-0.39, 0.29) is 18.9 Å². The van der Waals surface area contributed by atoms with E-state index in [1.54, 1.807) is 19.2 Å². The van der Waals surface area contributed by atoms with Crippen LogP contribution in [0.1, 0.15) is 16.7 Å². The second-order valence-electron chi connectivity index (χ2n) is 5.44. The van der Waals surface area contributed by atoms with Crippen LogP contribution in [-0.4, -0.2) is 45.8 Å². The molecule has 0 saturated heterocycles. The molecule has 26 heavy (non-hydrogen) atoms. The van der Waals surface area contributed by atoms with Gasteiger partial charge in [0.15, 0.2) is 0 Å². The molecule has 0 unspecified atom stereocenters. The third-order valence-electron chi connectivity index (χ3n) is 3.87. The van der Waals surface area contributed by atoms with Gasteiger partial charge in [0, 0.05) is 23.9 Å². The third-order valence-corrected chi connectivity index (χ3v) is 3.87. The standard InChI is InChI=1S/C20H22N2O4/c1-21-17-7-5-4-6-15(17)20(22-10-11-23)16-12-14(13-19(24)26-3)8-9-18(16)25-2/h4-9,11-12,21H,10,13H2,1-3H3.